The number of benzene rings is 1. The molecular formula is C16H16FN3O3. The molecule has 1 aromatic heterocycles. The van der Waals surface area contributed by atoms with E-state index in [0.29, 0.717) is 36.8 Å². The van der Waals surface area contributed by atoms with Crippen LogP contribution in [-0.2, 0) is 0 Å². The van der Waals surface area contributed by atoms with Crippen molar-refractivity contribution in [3.05, 3.63) is 48.0 Å². The molecule has 7 heteroatoms. The number of ether oxygens (including phenoxy) is 2. The van der Waals surface area contributed by atoms with Crippen molar-refractivity contribution >= 4 is 5.91 Å². The summed E-state index contributed by atoms with van der Waals surface area (Å²) in [7, 11) is 1.49. The topological polar surface area (TPSA) is 64.6 Å². The van der Waals surface area contributed by atoms with Crippen molar-refractivity contribution in [2.24, 2.45) is 0 Å². The first-order chi connectivity index (χ1) is 11.2. The summed E-state index contributed by atoms with van der Waals surface area (Å²) in [6.45, 7) is 0.956. The summed E-state index contributed by atoms with van der Waals surface area (Å²) in [6.07, 6.45) is 3.50. The van der Waals surface area contributed by atoms with Gasteiger partial charge in [0.15, 0.2) is 0 Å². The fraction of sp³-hybridized carbons (Fsp3) is 0.312. The number of amides is 1. The van der Waals surface area contributed by atoms with Crippen molar-refractivity contribution in [1.82, 2.24) is 14.9 Å². The Labute approximate surface area is 132 Å². The minimum absolute atomic E-state index is 0.196. The van der Waals surface area contributed by atoms with Gasteiger partial charge >= 0.3 is 0 Å². The summed E-state index contributed by atoms with van der Waals surface area (Å²) in [4.78, 5) is 22.1. The number of carbonyl (C=O) groups is 1. The van der Waals surface area contributed by atoms with Crippen LogP contribution in [0.3, 0.4) is 0 Å². The zero-order valence-corrected chi connectivity index (χ0v) is 12.6. The van der Waals surface area contributed by atoms with Gasteiger partial charge in [0.25, 0.3) is 17.7 Å². The van der Waals surface area contributed by atoms with Gasteiger partial charge in [-0.3, -0.25) is 4.79 Å². The standard InChI is InChI=1S/C16H16FN3O3/c1-22-14-15(19-7-6-18-14)23-13-5-8-20(10-13)16(21)11-3-2-4-12(17)9-11/h2-4,6-7,9,13H,5,8,10H2,1H3. The lowest BCUT2D eigenvalue weighted by Crippen LogP contribution is -2.31. The molecule has 2 aromatic rings. The molecule has 6 nitrogen and oxygen atoms in total. The summed E-state index contributed by atoms with van der Waals surface area (Å²) < 4.78 is 24.1. The van der Waals surface area contributed by atoms with Gasteiger partial charge in [-0.1, -0.05) is 6.07 Å². The summed E-state index contributed by atoms with van der Waals surface area (Å²) in [5.74, 6) is -0.0173. The van der Waals surface area contributed by atoms with Crippen molar-refractivity contribution in [2.45, 2.75) is 12.5 Å². The van der Waals surface area contributed by atoms with E-state index in [0.717, 1.165) is 0 Å². The molecule has 1 aliphatic rings. The highest BCUT2D eigenvalue weighted by molar-refractivity contribution is 5.94. The highest BCUT2D eigenvalue weighted by Crippen LogP contribution is 2.24. The van der Waals surface area contributed by atoms with Gasteiger partial charge in [-0.2, -0.15) is 0 Å². The lowest BCUT2D eigenvalue weighted by atomic mass is 10.2. The molecule has 0 N–H and O–H groups in total. The number of carbonyl (C=O) groups excluding carboxylic acids is 1. The molecule has 1 fully saturated rings. The number of rotatable bonds is 4. The molecule has 1 aliphatic heterocycles. The van der Waals surface area contributed by atoms with E-state index < -0.39 is 5.82 Å². The average molecular weight is 317 g/mol. The molecule has 0 aliphatic carbocycles. The Hall–Kier alpha value is -2.70. The zero-order valence-electron chi connectivity index (χ0n) is 12.6. The molecule has 2 heterocycles. The predicted octanol–water partition coefficient (Wildman–Crippen LogP) is 1.92. The predicted molar refractivity (Wildman–Crippen MR) is 79.9 cm³/mol. The smallest absolute Gasteiger partial charge is 0.278 e. The van der Waals surface area contributed by atoms with Crippen molar-refractivity contribution < 1.29 is 18.7 Å². The first-order valence-electron chi connectivity index (χ1n) is 7.24. The van der Waals surface area contributed by atoms with E-state index in [9.17, 15) is 9.18 Å². The SMILES string of the molecule is COc1nccnc1OC1CCN(C(=O)c2cccc(F)c2)C1. The number of likely N-dealkylation sites (tertiary alicyclic amines) is 1. The average Bonchev–Trinajstić information content (AvgIpc) is 3.03. The van der Waals surface area contributed by atoms with Crippen LogP contribution in [0.1, 0.15) is 16.8 Å². The Balaban J connectivity index is 1.65. The van der Waals surface area contributed by atoms with Gasteiger partial charge in [0, 0.05) is 30.9 Å². The maximum absolute atomic E-state index is 13.2. The third kappa shape index (κ3) is 3.39. The number of hydrogen-bond acceptors (Lipinski definition) is 5. The highest BCUT2D eigenvalue weighted by Gasteiger charge is 2.29. The molecule has 1 aromatic carbocycles. The van der Waals surface area contributed by atoms with Crippen LogP contribution in [0.2, 0.25) is 0 Å². The zero-order chi connectivity index (χ0) is 16.2. The normalized spacial score (nSPS) is 17.1. The fourth-order valence-electron chi connectivity index (χ4n) is 2.50. The fourth-order valence-corrected chi connectivity index (χ4v) is 2.50. The Morgan fingerprint density at radius 1 is 1.30 bits per heavy atom. The van der Waals surface area contributed by atoms with E-state index >= 15 is 0 Å². The van der Waals surface area contributed by atoms with E-state index in [2.05, 4.69) is 9.97 Å². The quantitative estimate of drug-likeness (QED) is 0.862. The molecule has 1 amide bonds. The second-order valence-corrected chi connectivity index (χ2v) is 5.16. The Morgan fingerprint density at radius 2 is 2.09 bits per heavy atom. The van der Waals surface area contributed by atoms with Gasteiger partial charge < -0.3 is 14.4 Å². The largest absolute Gasteiger partial charge is 0.477 e. The second kappa shape index (κ2) is 6.60. The highest BCUT2D eigenvalue weighted by atomic mass is 19.1. The maximum atomic E-state index is 13.2. The van der Waals surface area contributed by atoms with Gasteiger partial charge in [-0.05, 0) is 18.2 Å². The van der Waals surface area contributed by atoms with E-state index in [4.69, 9.17) is 9.47 Å². The van der Waals surface area contributed by atoms with Crippen LogP contribution in [0.25, 0.3) is 0 Å². The van der Waals surface area contributed by atoms with E-state index in [-0.39, 0.29) is 12.0 Å². The van der Waals surface area contributed by atoms with E-state index in [1.54, 1.807) is 11.0 Å². The van der Waals surface area contributed by atoms with Crippen LogP contribution in [0.15, 0.2) is 36.7 Å². The monoisotopic (exact) mass is 317 g/mol. The molecule has 23 heavy (non-hydrogen) atoms. The van der Waals surface area contributed by atoms with E-state index in [1.165, 1.54) is 37.7 Å². The summed E-state index contributed by atoms with van der Waals surface area (Å²) in [5, 5.41) is 0. The van der Waals surface area contributed by atoms with E-state index in [1.807, 2.05) is 0 Å². The van der Waals surface area contributed by atoms with Gasteiger partial charge in [0.1, 0.15) is 11.9 Å². The van der Waals surface area contributed by atoms with Crippen molar-refractivity contribution in [3.63, 3.8) is 0 Å². The minimum Gasteiger partial charge on any atom is -0.477 e. The van der Waals surface area contributed by atoms with Crippen LogP contribution in [0, 0.1) is 5.82 Å². The van der Waals surface area contributed by atoms with Crippen molar-refractivity contribution in [2.75, 3.05) is 20.2 Å². The van der Waals surface area contributed by atoms with Gasteiger partial charge in [0.05, 0.1) is 13.7 Å². The molecule has 0 spiro atoms. The summed E-state index contributed by atoms with van der Waals surface area (Å²) in [6, 6.07) is 5.68. The Morgan fingerprint density at radius 3 is 2.83 bits per heavy atom. The van der Waals surface area contributed by atoms with Crippen LogP contribution in [0.5, 0.6) is 11.8 Å². The second-order valence-electron chi connectivity index (χ2n) is 5.16. The molecule has 0 radical (unpaired) electrons. The number of aromatic nitrogens is 2. The Kier molecular flexibility index (Phi) is 4.36. The molecular weight excluding hydrogens is 301 g/mol. The molecule has 120 valence electrons. The first-order valence-corrected chi connectivity index (χ1v) is 7.24. The van der Waals surface area contributed by atoms with Gasteiger partial charge in [-0.15, -0.1) is 0 Å². The molecule has 1 saturated heterocycles. The summed E-state index contributed by atoms with van der Waals surface area (Å²) in [5.41, 5.74) is 0.336. The van der Waals surface area contributed by atoms with Gasteiger partial charge in [0.2, 0.25) is 0 Å². The molecule has 0 saturated carbocycles. The van der Waals surface area contributed by atoms with Crippen molar-refractivity contribution in [1.29, 1.82) is 0 Å². The summed E-state index contributed by atoms with van der Waals surface area (Å²) >= 11 is 0. The molecule has 3 rings (SSSR count). The van der Waals surface area contributed by atoms with Crippen LogP contribution in [-0.4, -0.2) is 47.1 Å². The Bertz CT molecular complexity index is 710. The van der Waals surface area contributed by atoms with Crippen molar-refractivity contribution in [3.8, 4) is 11.8 Å². The minimum atomic E-state index is -0.424. The number of halogens is 1. The maximum Gasteiger partial charge on any atom is 0.278 e. The third-order valence-electron chi connectivity index (χ3n) is 3.61. The molecule has 0 bridgehead atoms. The number of methoxy groups -OCH3 is 1. The van der Waals surface area contributed by atoms with Crippen LogP contribution >= 0.6 is 0 Å². The first kappa shape index (κ1) is 15.2. The third-order valence-corrected chi connectivity index (χ3v) is 3.61. The number of nitrogens with zero attached hydrogens (tertiary/aromatic N) is 3. The lowest BCUT2D eigenvalue weighted by molar-refractivity contribution is 0.0769. The lowest BCUT2D eigenvalue weighted by Gasteiger charge is -2.17. The van der Waals surface area contributed by atoms with Crippen LogP contribution < -0.4 is 9.47 Å². The molecule has 1 atom stereocenters. The van der Waals surface area contributed by atoms with Crippen LogP contribution in [0.4, 0.5) is 4.39 Å². The molecule has 1 unspecified atom stereocenters. The van der Waals surface area contributed by atoms with Gasteiger partial charge in [-0.25, -0.2) is 14.4 Å². The number of hydrogen-bond donors (Lipinski definition) is 0.